The lowest BCUT2D eigenvalue weighted by molar-refractivity contribution is -0.137. The highest BCUT2D eigenvalue weighted by Crippen LogP contribution is 2.52. The van der Waals surface area contributed by atoms with E-state index in [4.69, 9.17) is 14.2 Å². The summed E-state index contributed by atoms with van der Waals surface area (Å²) in [6.45, 7) is 3.79. The van der Waals surface area contributed by atoms with Gasteiger partial charge in [-0.15, -0.1) is 0 Å². The van der Waals surface area contributed by atoms with Crippen molar-refractivity contribution in [2.24, 2.45) is 11.8 Å². The summed E-state index contributed by atoms with van der Waals surface area (Å²) in [6, 6.07) is 13.9. The number of nitrogens with one attached hydrogen (secondary N) is 1. The molecule has 2 aromatic carbocycles. The fourth-order valence-electron chi connectivity index (χ4n) is 6.59. The number of ketones is 1. The van der Waals surface area contributed by atoms with E-state index in [2.05, 4.69) is 29.3 Å². The van der Waals surface area contributed by atoms with Crippen LogP contribution in [-0.2, 0) is 14.3 Å². The number of methoxy groups -OCH3 is 3. The largest absolute Gasteiger partial charge is 0.504 e. The second kappa shape index (κ2) is 9.62. The summed E-state index contributed by atoms with van der Waals surface area (Å²) in [5, 5.41) is 3.73. The molecule has 0 unspecified atom stereocenters. The van der Waals surface area contributed by atoms with Crippen LogP contribution in [0.15, 0.2) is 54.3 Å². The van der Waals surface area contributed by atoms with E-state index in [1.807, 2.05) is 30.3 Å². The smallest absolute Gasteiger partial charge is 0.337 e. The molecule has 7 nitrogen and oxygen atoms in total. The standard InChI is InChI=1S/C29H34N2O5/c1-5-18-16-31-14-13-29(24(31)15-21(18)22(17-34-2)28(33)36-4)27(32)25-23(35-3)12-11-20(26(25)30-29)19-9-7-6-8-10-19/h6-12,17-18,21,24,30H,5,13-16H2,1-4H3/b22-17+/t18-,21+,24+,29+/m1/s1. The number of piperidine rings is 1. The van der Waals surface area contributed by atoms with Gasteiger partial charge in [-0.25, -0.2) is 4.79 Å². The Bertz CT molecular complexity index is 1190. The molecule has 0 radical (unpaired) electrons. The quantitative estimate of drug-likeness (QED) is 0.362. The first-order valence-electron chi connectivity index (χ1n) is 12.6. The maximum absolute atomic E-state index is 14.3. The highest BCUT2D eigenvalue weighted by Gasteiger charge is 2.60. The number of nitrogens with zero attached hydrogens (tertiary/aromatic N) is 1. The highest BCUT2D eigenvalue weighted by atomic mass is 16.5. The molecule has 7 heteroatoms. The minimum Gasteiger partial charge on any atom is -0.504 e. The second-order valence-electron chi connectivity index (χ2n) is 9.93. The number of hydrogen-bond donors (Lipinski definition) is 1. The van der Waals surface area contributed by atoms with Crippen LogP contribution >= 0.6 is 0 Å². The lowest BCUT2D eigenvalue weighted by Crippen LogP contribution is -2.57. The summed E-state index contributed by atoms with van der Waals surface area (Å²) < 4.78 is 16.1. The number of fused-ring (bicyclic) bond motifs is 3. The molecule has 0 amide bonds. The zero-order valence-electron chi connectivity index (χ0n) is 21.4. The molecule has 3 aliphatic rings. The fourth-order valence-corrected chi connectivity index (χ4v) is 6.59. The van der Waals surface area contributed by atoms with Crippen LogP contribution in [0.2, 0.25) is 0 Å². The summed E-state index contributed by atoms with van der Waals surface area (Å²) >= 11 is 0. The van der Waals surface area contributed by atoms with Crippen LogP contribution in [0, 0.1) is 11.8 Å². The van der Waals surface area contributed by atoms with Gasteiger partial charge in [0.15, 0.2) is 5.78 Å². The maximum Gasteiger partial charge on any atom is 0.337 e. The average molecular weight is 491 g/mol. The lowest BCUT2D eigenvalue weighted by Gasteiger charge is -2.45. The van der Waals surface area contributed by atoms with Gasteiger partial charge in [0.1, 0.15) is 11.3 Å². The molecule has 3 aliphatic heterocycles. The number of rotatable bonds is 6. The minimum absolute atomic E-state index is 0.0626. The Morgan fingerprint density at radius 3 is 2.61 bits per heavy atom. The third-order valence-electron chi connectivity index (χ3n) is 8.36. The summed E-state index contributed by atoms with van der Waals surface area (Å²) in [6.07, 6.45) is 3.81. The Morgan fingerprint density at radius 2 is 1.94 bits per heavy atom. The average Bonchev–Trinajstić information content (AvgIpc) is 3.43. The van der Waals surface area contributed by atoms with E-state index in [-0.39, 0.29) is 29.6 Å². The Balaban J connectivity index is 1.57. The third-order valence-corrected chi connectivity index (χ3v) is 8.36. The van der Waals surface area contributed by atoms with Crippen molar-refractivity contribution in [1.29, 1.82) is 0 Å². The first kappa shape index (κ1) is 24.4. The van der Waals surface area contributed by atoms with Gasteiger partial charge in [0.2, 0.25) is 0 Å². The predicted octanol–water partition coefficient (Wildman–Crippen LogP) is 4.53. The van der Waals surface area contributed by atoms with E-state index in [0.717, 1.165) is 36.3 Å². The molecule has 0 bridgehead atoms. The Labute approximate surface area is 212 Å². The number of carbonyl (C=O) groups excluding carboxylic acids is 2. The van der Waals surface area contributed by atoms with Crippen molar-refractivity contribution in [3.05, 3.63) is 59.9 Å². The van der Waals surface area contributed by atoms with Crippen molar-refractivity contribution in [1.82, 2.24) is 4.90 Å². The van der Waals surface area contributed by atoms with Gasteiger partial charge >= 0.3 is 5.97 Å². The molecule has 190 valence electrons. The van der Waals surface area contributed by atoms with Crippen molar-refractivity contribution >= 4 is 17.4 Å². The van der Waals surface area contributed by atoms with Gasteiger partial charge in [-0.3, -0.25) is 9.69 Å². The number of hydrogen-bond acceptors (Lipinski definition) is 7. The van der Waals surface area contributed by atoms with Gasteiger partial charge in [-0.05, 0) is 42.4 Å². The molecule has 0 aliphatic carbocycles. The molecule has 1 spiro atoms. The van der Waals surface area contributed by atoms with Crippen LogP contribution in [0.3, 0.4) is 0 Å². The van der Waals surface area contributed by atoms with Crippen molar-refractivity contribution in [3.63, 3.8) is 0 Å². The van der Waals surface area contributed by atoms with Gasteiger partial charge in [0, 0.05) is 24.7 Å². The Kier molecular flexibility index (Phi) is 6.51. The summed E-state index contributed by atoms with van der Waals surface area (Å²) in [4.78, 5) is 29.4. The highest BCUT2D eigenvalue weighted by molar-refractivity contribution is 6.18. The molecule has 2 fully saturated rings. The van der Waals surface area contributed by atoms with Crippen molar-refractivity contribution in [3.8, 4) is 16.9 Å². The molecule has 0 aromatic heterocycles. The van der Waals surface area contributed by atoms with Crippen LogP contribution in [0.5, 0.6) is 5.75 Å². The molecule has 4 atom stereocenters. The van der Waals surface area contributed by atoms with Gasteiger partial charge in [-0.2, -0.15) is 0 Å². The van der Waals surface area contributed by atoms with Crippen LogP contribution in [0.4, 0.5) is 5.69 Å². The predicted molar refractivity (Wildman–Crippen MR) is 138 cm³/mol. The van der Waals surface area contributed by atoms with Crippen molar-refractivity contribution < 1.29 is 23.8 Å². The Morgan fingerprint density at radius 1 is 1.17 bits per heavy atom. The summed E-state index contributed by atoms with van der Waals surface area (Å²) in [5.41, 5.74) is 3.26. The van der Waals surface area contributed by atoms with Crippen LogP contribution in [0.1, 0.15) is 36.5 Å². The number of anilines is 1. The number of carbonyl (C=O) groups is 2. The number of ether oxygens (including phenoxy) is 3. The molecule has 0 saturated carbocycles. The third kappa shape index (κ3) is 3.68. The molecule has 2 aromatic rings. The Hall–Kier alpha value is -3.32. The molecular formula is C29H34N2O5. The first-order valence-corrected chi connectivity index (χ1v) is 12.6. The topological polar surface area (TPSA) is 77.1 Å². The van der Waals surface area contributed by atoms with E-state index in [0.29, 0.717) is 29.7 Å². The van der Waals surface area contributed by atoms with E-state index < -0.39 is 5.54 Å². The van der Waals surface area contributed by atoms with Gasteiger partial charge < -0.3 is 19.5 Å². The van der Waals surface area contributed by atoms with E-state index in [9.17, 15) is 9.59 Å². The molecule has 3 heterocycles. The zero-order valence-corrected chi connectivity index (χ0v) is 21.4. The number of esters is 1. The molecule has 5 rings (SSSR count). The fraction of sp³-hybridized carbons (Fsp3) is 0.448. The van der Waals surface area contributed by atoms with Crippen LogP contribution in [-0.4, -0.2) is 62.7 Å². The maximum atomic E-state index is 14.3. The normalized spacial score (nSPS) is 27.4. The van der Waals surface area contributed by atoms with Crippen LogP contribution in [0.25, 0.3) is 11.1 Å². The monoisotopic (exact) mass is 490 g/mol. The minimum atomic E-state index is -0.772. The molecular weight excluding hydrogens is 456 g/mol. The van der Waals surface area contributed by atoms with Crippen LogP contribution < -0.4 is 10.1 Å². The van der Waals surface area contributed by atoms with Crippen molar-refractivity contribution in [2.45, 2.75) is 37.8 Å². The molecule has 2 saturated heterocycles. The SMILES string of the molecule is CC[C@@H]1CN2CC[C@]3(Nc4c(-c5ccccc5)ccc(OC)c4C3=O)[C@@H]2C[C@@H]1/C(=C\OC)C(=O)OC. The van der Waals surface area contributed by atoms with Gasteiger partial charge in [0.05, 0.1) is 44.4 Å². The van der Waals surface area contributed by atoms with Gasteiger partial charge in [0.25, 0.3) is 0 Å². The van der Waals surface area contributed by atoms with E-state index >= 15 is 0 Å². The summed E-state index contributed by atoms with van der Waals surface area (Å²) in [7, 11) is 4.55. The first-order chi connectivity index (χ1) is 17.5. The van der Waals surface area contributed by atoms with Crippen molar-refractivity contribution in [2.75, 3.05) is 39.7 Å². The van der Waals surface area contributed by atoms with E-state index in [1.165, 1.54) is 13.4 Å². The number of benzene rings is 2. The summed E-state index contributed by atoms with van der Waals surface area (Å²) in [5.74, 6) is 0.495. The van der Waals surface area contributed by atoms with E-state index in [1.54, 1.807) is 14.2 Å². The van der Waals surface area contributed by atoms with Gasteiger partial charge in [-0.1, -0.05) is 43.7 Å². The lowest BCUT2D eigenvalue weighted by atomic mass is 9.72. The molecule has 1 N–H and O–H groups in total. The molecule has 36 heavy (non-hydrogen) atoms. The number of Topliss-reactive ketones (excluding diaryl/α,β-unsaturated/α-hetero) is 1. The second-order valence-corrected chi connectivity index (χ2v) is 9.93. The zero-order chi connectivity index (χ0) is 25.4.